The first-order chi connectivity index (χ1) is 13.7. The molecule has 1 fully saturated rings. The average molecular weight is 377 g/mol. The van der Waals surface area contributed by atoms with Gasteiger partial charge in [-0.1, -0.05) is 18.2 Å². The Morgan fingerprint density at radius 2 is 2.04 bits per heavy atom. The number of fused-ring (bicyclic) bond motifs is 2. The third-order valence-corrected chi connectivity index (χ3v) is 5.81. The summed E-state index contributed by atoms with van der Waals surface area (Å²) in [7, 11) is 0. The van der Waals surface area contributed by atoms with Gasteiger partial charge in [0.1, 0.15) is 5.60 Å². The predicted octanol–water partition coefficient (Wildman–Crippen LogP) is 2.23. The molecule has 4 heterocycles. The van der Waals surface area contributed by atoms with Crippen molar-refractivity contribution in [2.24, 2.45) is 0 Å². The van der Waals surface area contributed by atoms with E-state index in [0.29, 0.717) is 26.1 Å². The van der Waals surface area contributed by atoms with Crippen LogP contribution in [-0.4, -0.2) is 50.3 Å². The maximum absolute atomic E-state index is 12.6. The molecule has 0 saturated carbocycles. The molecule has 2 aliphatic heterocycles. The summed E-state index contributed by atoms with van der Waals surface area (Å²) in [4.78, 5) is 21.5. The minimum Gasteiger partial charge on any atom is -0.368 e. The second-order valence-corrected chi connectivity index (χ2v) is 7.51. The molecule has 0 radical (unpaired) electrons. The van der Waals surface area contributed by atoms with Crippen LogP contribution in [0.5, 0.6) is 0 Å². The lowest BCUT2D eigenvalue weighted by molar-refractivity contribution is -0.140. The highest BCUT2D eigenvalue weighted by Gasteiger charge is 2.44. The highest BCUT2D eigenvalue weighted by Crippen LogP contribution is 2.41. The average Bonchev–Trinajstić information content (AvgIpc) is 3.40. The molecule has 0 aliphatic carbocycles. The van der Waals surface area contributed by atoms with Gasteiger partial charge in [-0.25, -0.2) is 9.67 Å². The number of amides is 1. The summed E-state index contributed by atoms with van der Waals surface area (Å²) in [6, 6.07) is 10.2. The fourth-order valence-corrected chi connectivity index (χ4v) is 4.27. The van der Waals surface area contributed by atoms with Crippen molar-refractivity contribution in [3.8, 4) is 5.69 Å². The predicted molar refractivity (Wildman–Crippen MR) is 103 cm³/mol. The molecule has 1 aromatic carbocycles. The first kappa shape index (κ1) is 17.2. The smallest absolute Gasteiger partial charge is 0.228 e. The summed E-state index contributed by atoms with van der Waals surface area (Å²) in [5.74, 6) is 0.130. The third kappa shape index (κ3) is 3.01. The number of likely N-dealkylation sites (tertiary alicyclic amines) is 1. The van der Waals surface area contributed by atoms with Gasteiger partial charge in [0.15, 0.2) is 0 Å². The topological polar surface area (TPSA) is 76.0 Å². The molecule has 1 amide bonds. The number of benzene rings is 1. The summed E-state index contributed by atoms with van der Waals surface area (Å²) in [6.07, 6.45) is 8.24. The number of aromatic amines is 1. The van der Waals surface area contributed by atoms with E-state index >= 15 is 0 Å². The van der Waals surface area contributed by atoms with Crippen molar-refractivity contribution < 1.29 is 9.53 Å². The molecule has 7 nitrogen and oxygen atoms in total. The molecule has 144 valence electrons. The number of nitrogens with one attached hydrogen (secondary N) is 1. The molecule has 7 heteroatoms. The normalized spacial score (nSPS) is 18.2. The van der Waals surface area contributed by atoms with Crippen LogP contribution in [0.3, 0.4) is 0 Å². The number of nitrogens with zero attached hydrogens (tertiary/aromatic N) is 4. The van der Waals surface area contributed by atoms with Gasteiger partial charge in [-0.3, -0.25) is 4.79 Å². The van der Waals surface area contributed by atoms with Gasteiger partial charge in [-0.05, 0) is 37.0 Å². The van der Waals surface area contributed by atoms with Crippen molar-refractivity contribution in [1.82, 2.24) is 24.6 Å². The molecule has 3 aromatic rings. The van der Waals surface area contributed by atoms with Gasteiger partial charge in [0, 0.05) is 31.2 Å². The van der Waals surface area contributed by atoms with Crippen LogP contribution in [-0.2, 0) is 28.0 Å². The van der Waals surface area contributed by atoms with Crippen LogP contribution >= 0.6 is 0 Å². The Bertz CT molecular complexity index is 956. The first-order valence-corrected chi connectivity index (χ1v) is 9.77. The van der Waals surface area contributed by atoms with Crippen LogP contribution < -0.4 is 0 Å². The Balaban J connectivity index is 1.34. The molecule has 1 saturated heterocycles. The molecule has 1 N–H and O–H groups in total. The highest BCUT2D eigenvalue weighted by atomic mass is 16.5. The standard InChI is InChI=1S/C21H23N5O2/c27-19(12-17-13-22-15-23-17)25-9-7-21(8-10-25)20-16(6-11-28-21)14-26(24-20)18-4-2-1-3-5-18/h1-5,13-15H,6-12H2,(H,22,23). The second kappa shape index (κ2) is 6.91. The van der Waals surface area contributed by atoms with E-state index in [1.807, 2.05) is 27.8 Å². The number of hydrogen-bond donors (Lipinski definition) is 1. The van der Waals surface area contributed by atoms with Crippen molar-refractivity contribution in [3.63, 3.8) is 0 Å². The van der Waals surface area contributed by atoms with Crippen LogP contribution in [0.15, 0.2) is 49.1 Å². The highest BCUT2D eigenvalue weighted by molar-refractivity contribution is 5.78. The van der Waals surface area contributed by atoms with Crippen LogP contribution in [0.1, 0.15) is 29.8 Å². The Morgan fingerprint density at radius 1 is 1.21 bits per heavy atom. The van der Waals surface area contributed by atoms with E-state index in [2.05, 4.69) is 28.3 Å². The maximum Gasteiger partial charge on any atom is 0.228 e. The Labute approximate surface area is 163 Å². The zero-order valence-corrected chi connectivity index (χ0v) is 15.7. The SMILES string of the molecule is O=C(Cc1cnc[nH]1)N1CCC2(CC1)OCCc1cn(-c3ccccc3)nc12. The van der Waals surface area contributed by atoms with Crippen molar-refractivity contribution in [2.45, 2.75) is 31.3 Å². The lowest BCUT2D eigenvalue weighted by Gasteiger charge is -2.43. The van der Waals surface area contributed by atoms with E-state index in [0.717, 1.165) is 36.3 Å². The van der Waals surface area contributed by atoms with Crippen molar-refractivity contribution in [2.75, 3.05) is 19.7 Å². The maximum atomic E-state index is 12.6. The Hall–Kier alpha value is -2.93. The number of aromatic nitrogens is 4. The number of carbonyl (C=O) groups is 1. The molecule has 0 bridgehead atoms. The van der Waals surface area contributed by atoms with Gasteiger partial charge in [0.2, 0.25) is 5.91 Å². The van der Waals surface area contributed by atoms with Crippen LogP contribution in [0, 0.1) is 0 Å². The largest absolute Gasteiger partial charge is 0.368 e. The number of ether oxygens (including phenoxy) is 1. The van der Waals surface area contributed by atoms with E-state index in [4.69, 9.17) is 9.84 Å². The lowest BCUT2D eigenvalue weighted by Crippen LogP contribution is -2.48. The fraction of sp³-hybridized carbons (Fsp3) is 0.381. The minimum atomic E-state index is -0.377. The molecule has 0 atom stereocenters. The number of imidazole rings is 1. The summed E-state index contributed by atoms with van der Waals surface area (Å²) >= 11 is 0. The number of rotatable bonds is 3. The molecular weight excluding hydrogens is 354 g/mol. The molecule has 1 spiro atoms. The molecule has 2 aromatic heterocycles. The molecule has 28 heavy (non-hydrogen) atoms. The number of carbonyl (C=O) groups excluding carboxylic acids is 1. The molecular formula is C21H23N5O2. The van der Waals surface area contributed by atoms with Crippen LogP contribution in [0.2, 0.25) is 0 Å². The van der Waals surface area contributed by atoms with E-state index in [9.17, 15) is 4.79 Å². The number of para-hydroxylation sites is 1. The lowest BCUT2D eigenvalue weighted by atomic mass is 9.83. The first-order valence-electron chi connectivity index (χ1n) is 9.77. The van der Waals surface area contributed by atoms with Gasteiger partial charge in [-0.15, -0.1) is 0 Å². The Kier molecular flexibility index (Phi) is 4.24. The summed E-state index contributed by atoms with van der Waals surface area (Å²) in [6.45, 7) is 2.07. The zero-order chi connectivity index (χ0) is 19.0. The molecule has 2 aliphatic rings. The minimum absolute atomic E-state index is 0.130. The summed E-state index contributed by atoms with van der Waals surface area (Å²) < 4.78 is 8.24. The van der Waals surface area contributed by atoms with Crippen molar-refractivity contribution in [3.05, 3.63) is 66.0 Å². The fourth-order valence-electron chi connectivity index (χ4n) is 4.27. The Morgan fingerprint density at radius 3 is 2.79 bits per heavy atom. The van der Waals surface area contributed by atoms with E-state index in [-0.39, 0.29) is 11.5 Å². The number of H-pyrrole nitrogens is 1. The van der Waals surface area contributed by atoms with Crippen molar-refractivity contribution >= 4 is 5.91 Å². The summed E-state index contributed by atoms with van der Waals surface area (Å²) in [5, 5.41) is 4.90. The molecule has 0 unspecified atom stereocenters. The van der Waals surface area contributed by atoms with Gasteiger partial charge in [0.05, 0.1) is 30.7 Å². The van der Waals surface area contributed by atoms with Crippen LogP contribution in [0.4, 0.5) is 0 Å². The number of hydrogen-bond acceptors (Lipinski definition) is 4. The van der Waals surface area contributed by atoms with E-state index in [1.54, 1.807) is 12.5 Å². The quantitative estimate of drug-likeness (QED) is 0.759. The number of piperidine rings is 1. The monoisotopic (exact) mass is 377 g/mol. The van der Waals surface area contributed by atoms with Crippen LogP contribution in [0.25, 0.3) is 5.69 Å². The summed E-state index contributed by atoms with van der Waals surface area (Å²) in [5.41, 5.74) is 3.83. The van der Waals surface area contributed by atoms with Gasteiger partial charge >= 0.3 is 0 Å². The van der Waals surface area contributed by atoms with E-state index < -0.39 is 0 Å². The van der Waals surface area contributed by atoms with E-state index in [1.165, 1.54) is 5.56 Å². The third-order valence-electron chi connectivity index (χ3n) is 5.81. The zero-order valence-electron chi connectivity index (χ0n) is 15.7. The van der Waals surface area contributed by atoms with Gasteiger partial charge in [0.25, 0.3) is 0 Å². The second-order valence-electron chi connectivity index (χ2n) is 7.51. The van der Waals surface area contributed by atoms with Gasteiger partial charge in [-0.2, -0.15) is 5.10 Å². The van der Waals surface area contributed by atoms with Gasteiger partial charge < -0.3 is 14.6 Å². The van der Waals surface area contributed by atoms with Crippen molar-refractivity contribution in [1.29, 1.82) is 0 Å². The molecule has 5 rings (SSSR count).